The Morgan fingerprint density at radius 3 is 2.53 bits per heavy atom. The van der Waals surface area contributed by atoms with E-state index < -0.39 is 16.2 Å². The van der Waals surface area contributed by atoms with E-state index in [0.717, 1.165) is 4.31 Å². The molecule has 7 nitrogen and oxygen atoms in total. The maximum Gasteiger partial charge on any atom is 0.304 e. The molecule has 0 heterocycles. The van der Waals surface area contributed by atoms with Gasteiger partial charge in [0.2, 0.25) is 0 Å². The van der Waals surface area contributed by atoms with Gasteiger partial charge in [-0.25, -0.2) is 0 Å². The first kappa shape index (κ1) is 16.3. The molecule has 0 spiro atoms. The normalized spacial score (nSPS) is 13.9. The number of carboxylic acids is 1. The molecule has 102 valence electrons. The van der Waals surface area contributed by atoms with Gasteiger partial charge in [-0.15, -0.1) is 0 Å². The average Bonchev–Trinajstić information content (AvgIpc) is 2.24. The highest BCUT2D eigenvalue weighted by Crippen LogP contribution is 2.00. The van der Waals surface area contributed by atoms with Crippen molar-refractivity contribution >= 4 is 16.2 Å². The van der Waals surface area contributed by atoms with Crippen molar-refractivity contribution < 1.29 is 23.1 Å². The lowest BCUT2D eigenvalue weighted by molar-refractivity contribution is -0.137. The van der Waals surface area contributed by atoms with Crippen molar-refractivity contribution in [3.05, 3.63) is 0 Å². The summed E-state index contributed by atoms with van der Waals surface area (Å²) < 4.78 is 31.8. The molecule has 0 saturated carbocycles. The van der Waals surface area contributed by atoms with E-state index in [1.165, 1.54) is 14.2 Å². The molecule has 0 saturated heterocycles. The van der Waals surface area contributed by atoms with Gasteiger partial charge in [-0.1, -0.05) is 6.92 Å². The molecular weight excluding hydrogens is 248 g/mol. The number of carboxylic acid groups (broad SMARTS) is 1. The van der Waals surface area contributed by atoms with E-state index in [0.29, 0.717) is 6.42 Å². The van der Waals surface area contributed by atoms with E-state index in [1.807, 2.05) is 6.92 Å². The fourth-order valence-corrected chi connectivity index (χ4v) is 2.28. The number of aliphatic carboxylic acids is 1. The van der Waals surface area contributed by atoms with Crippen molar-refractivity contribution in [2.75, 3.05) is 27.3 Å². The number of nitrogens with one attached hydrogen (secondary N) is 1. The van der Waals surface area contributed by atoms with Crippen LogP contribution in [0.2, 0.25) is 0 Å². The molecular formula is C9H20N2O5S. The summed E-state index contributed by atoms with van der Waals surface area (Å²) in [6.45, 7) is 2.06. The minimum absolute atomic E-state index is 0.0614. The summed E-state index contributed by atoms with van der Waals surface area (Å²) >= 11 is 0. The van der Waals surface area contributed by atoms with Crippen LogP contribution in [-0.2, 0) is 19.7 Å². The van der Waals surface area contributed by atoms with Crippen LogP contribution >= 0.6 is 0 Å². The van der Waals surface area contributed by atoms with Gasteiger partial charge in [-0.2, -0.15) is 17.4 Å². The molecule has 0 radical (unpaired) electrons. The number of ether oxygens (including phenoxy) is 1. The predicted octanol–water partition coefficient (Wildman–Crippen LogP) is -0.348. The second-order valence-corrected chi connectivity index (χ2v) is 5.46. The Hall–Kier alpha value is -0.700. The fraction of sp³-hybridized carbons (Fsp3) is 0.889. The van der Waals surface area contributed by atoms with E-state index in [-0.39, 0.29) is 25.6 Å². The third-order valence-electron chi connectivity index (χ3n) is 2.23. The van der Waals surface area contributed by atoms with Gasteiger partial charge < -0.3 is 9.84 Å². The monoisotopic (exact) mass is 268 g/mol. The van der Waals surface area contributed by atoms with Crippen LogP contribution in [0.5, 0.6) is 0 Å². The molecule has 1 atom stereocenters. The number of hydrogen-bond donors (Lipinski definition) is 2. The molecule has 0 aliphatic carbocycles. The summed E-state index contributed by atoms with van der Waals surface area (Å²) in [6, 6.07) is -0.308. The van der Waals surface area contributed by atoms with Crippen LogP contribution < -0.4 is 4.72 Å². The van der Waals surface area contributed by atoms with Gasteiger partial charge in [0.1, 0.15) is 0 Å². The Morgan fingerprint density at radius 1 is 1.53 bits per heavy atom. The molecule has 0 bridgehead atoms. The fourth-order valence-electron chi connectivity index (χ4n) is 1.11. The summed E-state index contributed by atoms with van der Waals surface area (Å²) in [7, 11) is -0.820. The van der Waals surface area contributed by atoms with Gasteiger partial charge in [0.15, 0.2) is 0 Å². The van der Waals surface area contributed by atoms with Gasteiger partial charge in [0.05, 0.1) is 13.0 Å². The van der Waals surface area contributed by atoms with E-state index in [2.05, 4.69) is 4.72 Å². The van der Waals surface area contributed by atoms with Crippen molar-refractivity contribution in [3.8, 4) is 0 Å². The zero-order chi connectivity index (χ0) is 13.5. The molecule has 0 amide bonds. The molecule has 17 heavy (non-hydrogen) atoms. The molecule has 2 N–H and O–H groups in total. The van der Waals surface area contributed by atoms with Gasteiger partial charge in [-0.05, 0) is 6.42 Å². The maximum atomic E-state index is 11.8. The SMILES string of the molecule is CCC(COC)NS(=O)(=O)N(C)CCC(=O)O. The van der Waals surface area contributed by atoms with Crippen LogP contribution in [0.1, 0.15) is 19.8 Å². The Labute approximate surface area is 102 Å². The first-order valence-electron chi connectivity index (χ1n) is 5.27. The van der Waals surface area contributed by atoms with Gasteiger partial charge in [0, 0.05) is 26.7 Å². The van der Waals surface area contributed by atoms with Gasteiger partial charge >= 0.3 is 5.97 Å². The first-order chi connectivity index (χ1) is 7.83. The second-order valence-electron chi connectivity index (χ2n) is 3.65. The summed E-state index contributed by atoms with van der Waals surface area (Å²) in [5.74, 6) is -1.03. The number of rotatable bonds is 9. The molecule has 0 aromatic rings. The molecule has 0 aromatic carbocycles. The number of nitrogens with zero attached hydrogens (tertiary/aromatic N) is 1. The summed E-state index contributed by atoms with van der Waals surface area (Å²) in [5, 5.41) is 8.48. The molecule has 0 aliphatic rings. The van der Waals surface area contributed by atoms with E-state index in [9.17, 15) is 13.2 Å². The quantitative estimate of drug-likeness (QED) is 0.596. The van der Waals surface area contributed by atoms with Crippen LogP contribution in [0, 0.1) is 0 Å². The van der Waals surface area contributed by atoms with Crippen LogP contribution in [0.4, 0.5) is 0 Å². The highest BCUT2D eigenvalue weighted by Gasteiger charge is 2.21. The number of hydrogen-bond acceptors (Lipinski definition) is 4. The van der Waals surface area contributed by atoms with Crippen molar-refractivity contribution in [1.82, 2.24) is 9.03 Å². The van der Waals surface area contributed by atoms with E-state index >= 15 is 0 Å². The third-order valence-corrected chi connectivity index (χ3v) is 3.86. The maximum absolute atomic E-state index is 11.8. The van der Waals surface area contributed by atoms with Crippen molar-refractivity contribution in [2.45, 2.75) is 25.8 Å². The molecule has 8 heteroatoms. The van der Waals surface area contributed by atoms with Crippen molar-refractivity contribution in [2.24, 2.45) is 0 Å². The van der Waals surface area contributed by atoms with E-state index in [1.54, 1.807) is 0 Å². The lowest BCUT2D eigenvalue weighted by Gasteiger charge is -2.21. The third kappa shape index (κ3) is 6.57. The van der Waals surface area contributed by atoms with Gasteiger partial charge in [-0.3, -0.25) is 4.79 Å². The number of carbonyl (C=O) groups is 1. The molecule has 1 unspecified atom stereocenters. The standard InChI is InChI=1S/C9H20N2O5S/c1-4-8(7-16-3)10-17(14,15)11(2)6-5-9(12)13/h8,10H,4-7H2,1-3H3,(H,12,13). The van der Waals surface area contributed by atoms with Crippen LogP contribution in [0.15, 0.2) is 0 Å². The molecule has 0 aromatic heterocycles. The predicted molar refractivity (Wildman–Crippen MR) is 62.9 cm³/mol. The average molecular weight is 268 g/mol. The topological polar surface area (TPSA) is 95.9 Å². The first-order valence-corrected chi connectivity index (χ1v) is 6.71. The Kier molecular flexibility index (Phi) is 7.28. The van der Waals surface area contributed by atoms with Gasteiger partial charge in [0.25, 0.3) is 10.2 Å². The Morgan fingerprint density at radius 2 is 2.12 bits per heavy atom. The van der Waals surface area contributed by atoms with E-state index in [4.69, 9.17) is 9.84 Å². The minimum atomic E-state index is -3.65. The van der Waals surface area contributed by atoms with Crippen LogP contribution in [0.25, 0.3) is 0 Å². The highest BCUT2D eigenvalue weighted by molar-refractivity contribution is 7.87. The molecule has 0 rings (SSSR count). The van der Waals surface area contributed by atoms with Crippen LogP contribution in [0.3, 0.4) is 0 Å². The van der Waals surface area contributed by atoms with Crippen LogP contribution in [-0.4, -0.2) is 57.1 Å². The Bertz CT molecular complexity index is 330. The summed E-state index contributed by atoms with van der Waals surface area (Å²) in [5.41, 5.74) is 0. The summed E-state index contributed by atoms with van der Waals surface area (Å²) in [6.07, 6.45) is 0.373. The highest BCUT2D eigenvalue weighted by atomic mass is 32.2. The lowest BCUT2D eigenvalue weighted by atomic mass is 10.3. The van der Waals surface area contributed by atoms with Crippen molar-refractivity contribution in [1.29, 1.82) is 0 Å². The lowest BCUT2D eigenvalue weighted by Crippen LogP contribution is -2.45. The molecule has 0 aliphatic heterocycles. The zero-order valence-corrected chi connectivity index (χ0v) is 11.2. The summed E-state index contributed by atoms with van der Waals surface area (Å²) in [4.78, 5) is 10.3. The van der Waals surface area contributed by atoms with Crippen molar-refractivity contribution in [3.63, 3.8) is 0 Å². The smallest absolute Gasteiger partial charge is 0.304 e. The molecule has 0 fully saturated rings. The Balaban J connectivity index is 4.39. The second kappa shape index (κ2) is 7.59. The largest absolute Gasteiger partial charge is 0.481 e. The minimum Gasteiger partial charge on any atom is -0.481 e. The number of methoxy groups -OCH3 is 1. The zero-order valence-electron chi connectivity index (χ0n) is 10.3.